The first-order chi connectivity index (χ1) is 6.24. The van der Waals surface area contributed by atoms with E-state index in [0.29, 0.717) is 31.8 Å². The molecule has 1 rings (SSSR count). The number of ketones is 1. The van der Waals surface area contributed by atoms with Crippen LogP contribution in [0.1, 0.15) is 32.6 Å². The number of hydrogen-bond donors (Lipinski definition) is 1. The van der Waals surface area contributed by atoms with Crippen LogP contribution in [0.4, 0.5) is 0 Å². The van der Waals surface area contributed by atoms with Crippen LogP contribution in [0.3, 0.4) is 0 Å². The van der Waals surface area contributed by atoms with Crippen molar-refractivity contribution in [1.82, 2.24) is 0 Å². The van der Waals surface area contributed by atoms with Gasteiger partial charge < -0.3 is 9.84 Å². The normalized spacial score (nSPS) is 25.1. The van der Waals surface area contributed by atoms with E-state index in [0.717, 1.165) is 12.8 Å². The number of hydrogen-bond acceptors (Lipinski definition) is 3. The van der Waals surface area contributed by atoms with Crippen molar-refractivity contribution in [2.45, 2.75) is 38.7 Å². The second-order valence-electron chi connectivity index (χ2n) is 3.60. The van der Waals surface area contributed by atoms with Gasteiger partial charge in [-0.15, -0.1) is 0 Å². The summed E-state index contributed by atoms with van der Waals surface area (Å²) in [7, 11) is 0. The van der Waals surface area contributed by atoms with Gasteiger partial charge in [0.1, 0.15) is 5.78 Å². The van der Waals surface area contributed by atoms with Crippen molar-refractivity contribution in [3.05, 3.63) is 0 Å². The van der Waals surface area contributed by atoms with Crippen LogP contribution in [0.5, 0.6) is 0 Å². The van der Waals surface area contributed by atoms with E-state index >= 15 is 0 Å². The maximum absolute atomic E-state index is 11.2. The third-order valence-electron chi connectivity index (χ3n) is 2.50. The molecule has 1 saturated carbocycles. The smallest absolute Gasteiger partial charge is 0.136 e. The Kier molecular flexibility index (Phi) is 4.39. The lowest BCUT2D eigenvalue weighted by molar-refractivity contribution is -0.121. The van der Waals surface area contributed by atoms with Gasteiger partial charge in [-0.25, -0.2) is 0 Å². The van der Waals surface area contributed by atoms with Gasteiger partial charge in [-0.2, -0.15) is 0 Å². The minimum Gasteiger partial charge on any atom is -0.391 e. The SMILES string of the molecule is CCOCC(O)CC1CCCC1=O. The Hall–Kier alpha value is -0.410. The standard InChI is InChI=1S/C10H18O3/c1-2-13-7-9(11)6-8-4-3-5-10(8)12/h8-9,11H,2-7H2,1H3. The minimum absolute atomic E-state index is 0.0930. The van der Waals surface area contributed by atoms with Crippen molar-refractivity contribution in [2.75, 3.05) is 13.2 Å². The topological polar surface area (TPSA) is 46.5 Å². The third kappa shape index (κ3) is 3.44. The molecule has 1 fully saturated rings. The molecule has 1 aliphatic carbocycles. The number of aliphatic hydroxyl groups is 1. The second kappa shape index (κ2) is 5.35. The Morgan fingerprint density at radius 3 is 3.00 bits per heavy atom. The van der Waals surface area contributed by atoms with Crippen molar-refractivity contribution in [2.24, 2.45) is 5.92 Å². The number of carbonyl (C=O) groups excluding carboxylic acids is 1. The molecule has 0 bridgehead atoms. The highest BCUT2D eigenvalue weighted by Crippen LogP contribution is 2.25. The Morgan fingerprint density at radius 2 is 2.46 bits per heavy atom. The summed E-state index contributed by atoms with van der Waals surface area (Å²) in [5.41, 5.74) is 0. The van der Waals surface area contributed by atoms with Gasteiger partial charge in [0.15, 0.2) is 0 Å². The zero-order valence-electron chi connectivity index (χ0n) is 8.16. The maximum Gasteiger partial charge on any atom is 0.136 e. The van der Waals surface area contributed by atoms with E-state index in [1.54, 1.807) is 0 Å². The van der Waals surface area contributed by atoms with Crippen molar-refractivity contribution >= 4 is 5.78 Å². The average molecular weight is 186 g/mol. The van der Waals surface area contributed by atoms with Crippen LogP contribution in [0.2, 0.25) is 0 Å². The summed E-state index contributed by atoms with van der Waals surface area (Å²) >= 11 is 0. The summed E-state index contributed by atoms with van der Waals surface area (Å²) in [4.78, 5) is 11.2. The first kappa shape index (κ1) is 10.7. The molecule has 3 nitrogen and oxygen atoms in total. The first-order valence-electron chi connectivity index (χ1n) is 5.02. The molecular formula is C10H18O3. The van der Waals surface area contributed by atoms with Gasteiger partial charge in [0.05, 0.1) is 12.7 Å². The minimum atomic E-state index is -0.466. The molecule has 3 heteroatoms. The van der Waals surface area contributed by atoms with Gasteiger partial charge in [0.25, 0.3) is 0 Å². The van der Waals surface area contributed by atoms with Gasteiger partial charge in [-0.3, -0.25) is 4.79 Å². The second-order valence-corrected chi connectivity index (χ2v) is 3.60. The fourth-order valence-corrected chi connectivity index (χ4v) is 1.79. The molecule has 1 N–H and O–H groups in total. The number of rotatable bonds is 5. The summed E-state index contributed by atoms with van der Waals surface area (Å²) in [6.07, 6.45) is 2.75. The van der Waals surface area contributed by atoms with Gasteiger partial charge in [-0.05, 0) is 26.2 Å². The Bertz CT molecular complexity index is 168. The van der Waals surface area contributed by atoms with Crippen LogP contribution >= 0.6 is 0 Å². The number of Topliss-reactive ketones (excluding diaryl/α,β-unsaturated/α-hetero) is 1. The van der Waals surface area contributed by atoms with E-state index in [-0.39, 0.29) is 5.92 Å². The molecule has 0 amide bonds. The predicted molar refractivity (Wildman–Crippen MR) is 49.5 cm³/mol. The first-order valence-corrected chi connectivity index (χ1v) is 5.02. The van der Waals surface area contributed by atoms with E-state index in [4.69, 9.17) is 4.74 Å². The zero-order chi connectivity index (χ0) is 9.68. The van der Waals surface area contributed by atoms with Gasteiger partial charge in [-0.1, -0.05) is 0 Å². The average Bonchev–Trinajstić information content (AvgIpc) is 2.48. The largest absolute Gasteiger partial charge is 0.391 e. The highest BCUT2D eigenvalue weighted by molar-refractivity contribution is 5.82. The van der Waals surface area contributed by atoms with Crippen LogP contribution in [-0.4, -0.2) is 30.2 Å². The van der Waals surface area contributed by atoms with Gasteiger partial charge in [0.2, 0.25) is 0 Å². The predicted octanol–water partition coefficient (Wildman–Crippen LogP) is 1.14. The Morgan fingerprint density at radius 1 is 1.69 bits per heavy atom. The van der Waals surface area contributed by atoms with E-state index < -0.39 is 6.10 Å². The lowest BCUT2D eigenvalue weighted by Crippen LogP contribution is -2.21. The Labute approximate surface area is 79.1 Å². The molecule has 0 aromatic rings. The van der Waals surface area contributed by atoms with Crippen molar-refractivity contribution in [1.29, 1.82) is 0 Å². The molecule has 76 valence electrons. The summed E-state index contributed by atoms with van der Waals surface area (Å²) < 4.78 is 5.08. The maximum atomic E-state index is 11.2. The number of carbonyl (C=O) groups is 1. The monoisotopic (exact) mass is 186 g/mol. The third-order valence-corrected chi connectivity index (χ3v) is 2.50. The van der Waals surface area contributed by atoms with E-state index in [1.165, 1.54) is 0 Å². The fraction of sp³-hybridized carbons (Fsp3) is 0.900. The summed E-state index contributed by atoms with van der Waals surface area (Å²) in [5.74, 6) is 0.408. The van der Waals surface area contributed by atoms with Crippen LogP contribution in [-0.2, 0) is 9.53 Å². The molecule has 0 heterocycles. The lowest BCUT2D eigenvalue weighted by atomic mass is 9.99. The highest BCUT2D eigenvalue weighted by atomic mass is 16.5. The molecule has 0 saturated heterocycles. The van der Waals surface area contributed by atoms with Crippen molar-refractivity contribution < 1.29 is 14.6 Å². The molecule has 0 aliphatic heterocycles. The number of aliphatic hydroxyl groups excluding tert-OH is 1. The highest BCUT2D eigenvalue weighted by Gasteiger charge is 2.26. The van der Waals surface area contributed by atoms with Crippen molar-refractivity contribution in [3.63, 3.8) is 0 Å². The van der Waals surface area contributed by atoms with Crippen molar-refractivity contribution in [3.8, 4) is 0 Å². The molecule has 0 aromatic heterocycles. The molecule has 1 aliphatic rings. The lowest BCUT2D eigenvalue weighted by Gasteiger charge is -2.13. The fourth-order valence-electron chi connectivity index (χ4n) is 1.79. The van der Waals surface area contributed by atoms with Crippen LogP contribution in [0.15, 0.2) is 0 Å². The van der Waals surface area contributed by atoms with E-state index in [1.807, 2.05) is 6.92 Å². The van der Waals surface area contributed by atoms with Crippen LogP contribution in [0.25, 0.3) is 0 Å². The summed E-state index contributed by atoms with van der Waals surface area (Å²) in [6, 6.07) is 0. The molecule has 2 atom stereocenters. The summed E-state index contributed by atoms with van der Waals surface area (Å²) in [5, 5.41) is 9.48. The van der Waals surface area contributed by atoms with Crippen LogP contribution in [0, 0.1) is 5.92 Å². The van der Waals surface area contributed by atoms with Gasteiger partial charge >= 0.3 is 0 Å². The quantitative estimate of drug-likeness (QED) is 0.700. The number of ether oxygens (including phenoxy) is 1. The van der Waals surface area contributed by atoms with E-state index in [2.05, 4.69) is 0 Å². The molecule has 13 heavy (non-hydrogen) atoms. The van der Waals surface area contributed by atoms with Gasteiger partial charge in [0, 0.05) is 18.9 Å². The summed E-state index contributed by atoms with van der Waals surface area (Å²) in [6.45, 7) is 2.88. The zero-order valence-corrected chi connectivity index (χ0v) is 8.16. The van der Waals surface area contributed by atoms with Crippen LogP contribution < -0.4 is 0 Å². The Balaban J connectivity index is 2.19. The van der Waals surface area contributed by atoms with E-state index in [9.17, 15) is 9.90 Å². The molecular weight excluding hydrogens is 168 g/mol. The molecule has 0 aromatic carbocycles. The molecule has 0 spiro atoms. The molecule has 2 unspecified atom stereocenters. The molecule has 0 radical (unpaired) electrons.